The summed E-state index contributed by atoms with van der Waals surface area (Å²) in [5.41, 5.74) is 1.28. The molecular formula is C15H13ClO3. The van der Waals surface area contributed by atoms with Crippen molar-refractivity contribution in [2.75, 3.05) is 7.11 Å². The SMILES string of the molecule is COc1ccc(C(=O)Oc2ccc(Cl)cc2C)cc1. The average Bonchev–Trinajstić information content (AvgIpc) is 2.42. The van der Waals surface area contributed by atoms with Crippen molar-refractivity contribution in [3.8, 4) is 11.5 Å². The summed E-state index contributed by atoms with van der Waals surface area (Å²) in [6.45, 7) is 1.84. The molecule has 0 aliphatic heterocycles. The first kappa shape index (κ1) is 13.4. The van der Waals surface area contributed by atoms with E-state index in [-0.39, 0.29) is 0 Å². The Balaban J connectivity index is 2.15. The molecular weight excluding hydrogens is 264 g/mol. The number of hydrogen-bond donors (Lipinski definition) is 0. The molecule has 0 unspecified atom stereocenters. The van der Waals surface area contributed by atoms with Gasteiger partial charge in [0.15, 0.2) is 0 Å². The Bertz CT molecular complexity index is 591. The van der Waals surface area contributed by atoms with Crippen molar-refractivity contribution < 1.29 is 14.3 Å². The van der Waals surface area contributed by atoms with Crippen molar-refractivity contribution >= 4 is 17.6 Å². The van der Waals surface area contributed by atoms with Gasteiger partial charge in [0.25, 0.3) is 0 Å². The van der Waals surface area contributed by atoms with E-state index in [0.717, 1.165) is 5.56 Å². The highest BCUT2D eigenvalue weighted by Gasteiger charge is 2.10. The second-order valence-corrected chi connectivity index (χ2v) is 4.46. The van der Waals surface area contributed by atoms with Crippen molar-refractivity contribution in [2.45, 2.75) is 6.92 Å². The minimum atomic E-state index is -0.409. The van der Waals surface area contributed by atoms with E-state index in [1.807, 2.05) is 6.92 Å². The summed E-state index contributed by atoms with van der Waals surface area (Å²) in [6.07, 6.45) is 0. The van der Waals surface area contributed by atoms with Crippen molar-refractivity contribution in [1.82, 2.24) is 0 Å². The van der Waals surface area contributed by atoms with Crippen LogP contribution in [0.25, 0.3) is 0 Å². The van der Waals surface area contributed by atoms with E-state index in [9.17, 15) is 4.79 Å². The van der Waals surface area contributed by atoms with Gasteiger partial charge in [-0.05, 0) is 55.0 Å². The van der Waals surface area contributed by atoms with Crippen molar-refractivity contribution in [2.24, 2.45) is 0 Å². The van der Waals surface area contributed by atoms with Gasteiger partial charge in [0.05, 0.1) is 12.7 Å². The van der Waals surface area contributed by atoms with Gasteiger partial charge in [0.2, 0.25) is 0 Å². The van der Waals surface area contributed by atoms with E-state index in [1.54, 1.807) is 49.6 Å². The lowest BCUT2D eigenvalue weighted by Crippen LogP contribution is -2.09. The number of hydrogen-bond acceptors (Lipinski definition) is 3. The Morgan fingerprint density at radius 3 is 2.37 bits per heavy atom. The lowest BCUT2D eigenvalue weighted by molar-refractivity contribution is 0.0733. The van der Waals surface area contributed by atoms with Crippen molar-refractivity contribution in [3.05, 3.63) is 58.6 Å². The predicted molar refractivity (Wildman–Crippen MR) is 74.1 cm³/mol. The van der Waals surface area contributed by atoms with Crippen molar-refractivity contribution in [1.29, 1.82) is 0 Å². The van der Waals surface area contributed by atoms with Crippen LogP contribution < -0.4 is 9.47 Å². The number of aryl methyl sites for hydroxylation is 1. The number of carbonyl (C=O) groups is 1. The first-order chi connectivity index (χ1) is 9.10. The number of ether oxygens (including phenoxy) is 2. The van der Waals surface area contributed by atoms with Crippen LogP contribution in [0.4, 0.5) is 0 Å². The summed E-state index contributed by atoms with van der Waals surface area (Å²) < 4.78 is 10.4. The molecule has 0 heterocycles. The molecule has 0 aliphatic rings. The molecule has 98 valence electrons. The zero-order chi connectivity index (χ0) is 13.8. The number of rotatable bonds is 3. The molecule has 0 radical (unpaired) electrons. The third kappa shape index (κ3) is 3.26. The lowest BCUT2D eigenvalue weighted by atomic mass is 10.2. The van der Waals surface area contributed by atoms with Crippen LogP contribution in [0.2, 0.25) is 5.02 Å². The first-order valence-electron chi connectivity index (χ1n) is 5.72. The number of esters is 1. The third-order valence-corrected chi connectivity index (χ3v) is 2.90. The zero-order valence-electron chi connectivity index (χ0n) is 10.6. The zero-order valence-corrected chi connectivity index (χ0v) is 11.4. The smallest absolute Gasteiger partial charge is 0.343 e. The quantitative estimate of drug-likeness (QED) is 0.630. The van der Waals surface area contributed by atoms with Gasteiger partial charge in [-0.25, -0.2) is 4.79 Å². The molecule has 2 aromatic carbocycles. The van der Waals surface area contributed by atoms with Crippen LogP contribution in [-0.4, -0.2) is 13.1 Å². The predicted octanol–water partition coefficient (Wildman–Crippen LogP) is 3.88. The fourth-order valence-corrected chi connectivity index (χ4v) is 1.84. The topological polar surface area (TPSA) is 35.5 Å². The molecule has 0 aromatic heterocycles. The molecule has 2 aromatic rings. The van der Waals surface area contributed by atoms with Gasteiger partial charge in [-0.15, -0.1) is 0 Å². The lowest BCUT2D eigenvalue weighted by Gasteiger charge is -2.08. The van der Waals surface area contributed by atoms with E-state index < -0.39 is 5.97 Å². The van der Waals surface area contributed by atoms with Gasteiger partial charge in [-0.3, -0.25) is 0 Å². The highest BCUT2D eigenvalue weighted by atomic mass is 35.5. The van der Waals surface area contributed by atoms with Gasteiger partial charge in [-0.1, -0.05) is 11.6 Å². The Labute approximate surface area is 116 Å². The van der Waals surface area contributed by atoms with E-state index in [1.165, 1.54) is 0 Å². The molecule has 0 atom stereocenters. The minimum absolute atomic E-state index is 0.409. The number of benzene rings is 2. The largest absolute Gasteiger partial charge is 0.497 e. The molecule has 0 N–H and O–H groups in total. The van der Waals surface area contributed by atoms with Crippen LogP contribution in [0.3, 0.4) is 0 Å². The second kappa shape index (κ2) is 5.76. The Hall–Kier alpha value is -2.00. The molecule has 0 fully saturated rings. The summed E-state index contributed by atoms with van der Waals surface area (Å²) >= 11 is 5.85. The van der Waals surface area contributed by atoms with Crippen LogP contribution in [0.5, 0.6) is 11.5 Å². The minimum Gasteiger partial charge on any atom is -0.497 e. The molecule has 0 bridgehead atoms. The van der Waals surface area contributed by atoms with Gasteiger partial charge >= 0.3 is 5.97 Å². The van der Waals surface area contributed by atoms with Gasteiger partial charge < -0.3 is 9.47 Å². The summed E-state index contributed by atoms with van der Waals surface area (Å²) in [5, 5.41) is 0.613. The molecule has 0 aliphatic carbocycles. The maximum absolute atomic E-state index is 12.0. The highest BCUT2D eigenvalue weighted by Crippen LogP contribution is 2.23. The molecule has 19 heavy (non-hydrogen) atoms. The number of carbonyl (C=O) groups excluding carboxylic acids is 1. The monoisotopic (exact) mass is 276 g/mol. The molecule has 0 saturated carbocycles. The average molecular weight is 277 g/mol. The molecule has 2 rings (SSSR count). The van der Waals surface area contributed by atoms with Gasteiger partial charge in [0, 0.05) is 5.02 Å². The van der Waals surface area contributed by atoms with Crippen LogP contribution in [0, 0.1) is 6.92 Å². The van der Waals surface area contributed by atoms with E-state index >= 15 is 0 Å². The second-order valence-electron chi connectivity index (χ2n) is 4.03. The third-order valence-electron chi connectivity index (χ3n) is 2.67. The molecule has 3 nitrogen and oxygen atoms in total. The summed E-state index contributed by atoms with van der Waals surface area (Å²) in [5.74, 6) is 0.789. The summed E-state index contributed by atoms with van der Waals surface area (Å²) in [6, 6.07) is 11.9. The van der Waals surface area contributed by atoms with E-state index in [4.69, 9.17) is 21.1 Å². The van der Waals surface area contributed by atoms with Crippen LogP contribution in [0.15, 0.2) is 42.5 Å². The molecule has 0 amide bonds. The molecule has 4 heteroatoms. The maximum atomic E-state index is 12.0. The fraction of sp³-hybridized carbons (Fsp3) is 0.133. The van der Waals surface area contributed by atoms with Crippen LogP contribution >= 0.6 is 11.6 Å². The Morgan fingerprint density at radius 2 is 1.79 bits per heavy atom. The van der Waals surface area contributed by atoms with Crippen LogP contribution in [-0.2, 0) is 0 Å². The highest BCUT2D eigenvalue weighted by molar-refractivity contribution is 6.30. The summed E-state index contributed by atoms with van der Waals surface area (Å²) in [4.78, 5) is 12.0. The van der Waals surface area contributed by atoms with Gasteiger partial charge in [0.1, 0.15) is 11.5 Å². The van der Waals surface area contributed by atoms with Crippen LogP contribution in [0.1, 0.15) is 15.9 Å². The van der Waals surface area contributed by atoms with E-state index in [0.29, 0.717) is 22.1 Å². The molecule has 0 spiro atoms. The Kier molecular flexibility index (Phi) is 4.07. The summed E-state index contributed by atoms with van der Waals surface area (Å²) in [7, 11) is 1.57. The number of halogens is 1. The fourth-order valence-electron chi connectivity index (χ4n) is 1.61. The molecule has 0 saturated heterocycles. The van der Waals surface area contributed by atoms with Gasteiger partial charge in [-0.2, -0.15) is 0 Å². The standard InChI is InChI=1S/C15H13ClO3/c1-10-9-12(16)5-8-14(10)19-15(17)11-3-6-13(18-2)7-4-11/h3-9H,1-2H3. The first-order valence-corrected chi connectivity index (χ1v) is 6.10. The number of methoxy groups -OCH3 is 1. The maximum Gasteiger partial charge on any atom is 0.343 e. The van der Waals surface area contributed by atoms with Crippen molar-refractivity contribution in [3.63, 3.8) is 0 Å². The van der Waals surface area contributed by atoms with E-state index in [2.05, 4.69) is 0 Å². The normalized spacial score (nSPS) is 10.1. The Morgan fingerprint density at radius 1 is 1.11 bits per heavy atom.